The van der Waals surface area contributed by atoms with Crippen molar-refractivity contribution in [1.82, 2.24) is 0 Å². The summed E-state index contributed by atoms with van der Waals surface area (Å²) in [5, 5.41) is 18.1. The Balaban J connectivity index is 1.56. The Hall–Kier alpha value is -1.43. The monoisotopic (exact) mass is 403 g/mol. The van der Waals surface area contributed by atoms with E-state index >= 15 is 0 Å². The number of nitrogens with zero attached hydrogens (tertiary/aromatic N) is 2. The van der Waals surface area contributed by atoms with Crippen molar-refractivity contribution >= 4 is 17.2 Å². The number of nitrogens with two attached hydrogens (primary N) is 1. The molecule has 4 fully saturated rings. The molecule has 4 rings (SSSR count). The number of ketones is 1. The fraction of sp³-hybridized carbons (Fsp3) is 0.870. The Bertz CT molecular complexity index is 740. The number of fused-ring (bicyclic) bond motifs is 5. The van der Waals surface area contributed by atoms with E-state index in [2.05, 4.69) is 24.2 Å². The number of hydrogen-bond acceptors (Lipinski definition) is 6. The van der Waals surface area contributed by atoms with Gasteiger partial charge in [0, 0.05) is 23.3 Å². The maximum atomic E-state index is 12.6. The van der Waals surface area contributed by atoms with E-state index in [9.17, 15) is 10.0 Å². The van der Waals surface area contributed by atoms with Crippen LogP contribution >= 0.6 is 0 Å². The van der Waals surface area contributed by atoms with Crippen LogP contribution in [-0.2, 0) is 9.63 Å². The Morgan fingerprint density at radius 3 is 2.62 bits per heavy atom. The summed E-state index contributed by atoms with van der Waals surface area (Å²) in [6, 6.07) is 0. The van der Waals surface area contributed by atoms with Gasteiger partial charge in [-0.3, -0.25) is 4.79 Å². The summed E-state index contributed by atoms with van der Waals surface area (Å²) in [5.74, 6) is 2.15. The second-order valence-corrected chi connectivity index (χ2v) is 11.3. The highest BCUT2D eigenvalue weighted by molar-refractivity contribution is 5.96. The maximum Gasteiger partial charge on any atom is 0.139 e. The van der Waals surface area contributed by atoms with Gasteiger partial charge >= 0.3 is 0 Å². The summed E-state index contributed by atoms with van der Waals surface area (Å²) in [6.45, 7) is 8.81. The number of hydrogen-bond donors (Lipinski definition) is 2. The third-order valence-electron chi connectivity index (χ3n) is 8.79. The Labute approximate surface area is 174 Å². The molecule has 3 N–H and O–H groups in total. The molecule has 0 radical (unpaired) electrons. The molecule has 162 valence electrons. The van der Waals surface area contributed by atoms with Crippen LogP contribution in [-0.4, -0.2) is 34.6 Å². The summed E-state index contributed by atoms with van der Waals surface area (Å²) in [6.07, 6.45) is 7.42. The summed E-state index contributed by atoms with van der Waals surface area (Å²) < 4.78 is 0. The van der Waals surface area contributed by atoms with Crippen LogP contribution < -0.4 is 5.73 Å². The molecule has 0 aromatic rings. The minimum Gasteiger partial charge on any atom is -0.411 e. The summed E-state index contributed by atoms with van der Waals surface area (Å²) in [7, 11) is 0. The van der Waals surface area contributed by atoms with Crippen molar-refractivity contribution in [3.8, 4) is 0 Å². The number of rotatable bonds is 3. The average molecular weight is 404 g/mol. The molecule has 0 aromatic carbocycles. The van der Waals surface area contributed by atoms with Gasteiger partial charge in [0.15, 0.2) is 0 Å². The van der Waals surface area contributed by atoms with Gasteiger partial charge in [0.1, 0.15) is 12.4 Å². The quantitative estimate of drug-likeness (QED) is 0.546. The lowest BCUT2D eigenvalue weighted by Crippen LogP contribution is -2.56. The van der Waals surface area contributed by atoms with Gasteiger partial charge in [0.2, 0.25) is 0 Å². The van der Waals surface area contributed by atoms with Crippen molar-refractivity contribution < 1.29 is 14.8 Å². The van der Waals surface area contributed by atoms with Gasteiger partial charge in [-0.1, -0.05) is 24.2 Å². The van der Waals surface area contributed by atoms with Gasteiger partial charge in [0.05, 0.1) is 11.4 Å². The van der Waals surface area contributed by atoms with E-state index in [1.165, 1.54) is 0 Å². The van der Waals surface area contributed by atoms with Crippen molar-refractivity contribution in [1.29, 1.82) is 0 Å². The highest BCUT2D eigenvalue weighted by Crippen LogP contribution is 2.64. The fourth-order valence-corrected chi connectivity index (χ4v) is 7.13. The van der Waals surface area contributed by atoms with Crippen LogP contribution in [0.4, 0.5) is 0 Å². The first-order chi connectivity index (χ1) is 13.6. The second-order valence-electron chi connectivity index (χ2n) is 11.3. The highest BCUT2D eigenvalue weighted by atomic mass is 16.6. The third kappa shape index (κ3) is 3.41. The van der Waals surface area contributed by atoms with E-state index in [0.717, 1.165) is 62.8 Å². The summed E-state index contributed by atoms with van der Waals surface area (Å²) >= 11 is 0. The SMILES string of the molecule is CC(C)(N)CON=C1CC[C@@]2(C)C(C1)C(=NO)C[C@@H]1[C@@H]2CC[C@]2(C)C(=O)CC[C@@H]12. The standard InChI is InChI=1S/C23H37N3O3/c1-21(2,24)13-29-26-14-7-9-22(3)17-8-10-23(4)16(5-6-20(23)27)15(17)12-19(25-28)18(22)11-14/h15-18,28H,5-13,24H2,1-4H3/t15-,16-,17-,18?,22+,23-/m0/s1. The van der Waals surface area contributed by atoms with Crippen LogP contribution in [0.5, 0.6) is 0 Å². The van der Waals surface area contributed by atoms with Crippen LogP contribution in [0.1, 0.15) is 79.1 Å². The molecular formula is C23H37N3O3. The zero-order valence-corrected chi connectivity index (χ0v) is 18.4. The van der Waals surface area contributed by atoms with Gasteiger partial charge in [0.25, 0.3) is 0 Å². The zero-order chi connectivity index (χ0) is 21.0. The number of carbonyl (C=O) groups is 1. The van der Waals surface area contributed by atoms with E-state index in [0.29, 0.717) is 30.1 Å². The summed E-state index contributed by atoms with van der Waals surface area (Å²) in [5.41, 5.74) is 7.48. The van der Waals surface area contributed by atoms with Gasteiger partial charge in [-0.2, -0.15) is 0 Å². The predicted molar refractivity (Wildman–Crippen MR) is 113 cm³/mol. The number of oxime groups is 2. The molecule has 0 amide bonds. The molecule has 0 spiro atoms. The van der Waals surface area contributed by atoms with Crippen LogP contribution in [0.2, 0.25) is 0 Å². The molecule has 6 nitrogen and oxygen atoms in total. The van der Waals surface area contributed by atoms with E-state index in [1.807, 2.05) is 13.8 Å². The fourth-order valence-electron chi connectivity index (χ4n) is 7.13. The lowest BCUT2D eigenvalue weighted by atomic mass is 9.45. The van der Waals surface area contributed by atoms with Crippen molar-refractivity contribution in [2.45, 2.75) is 84.6 Å². The zero-order valence-electron chi connectivity index (χ0n) is 18.4. The number of carbonyl (C=O) groups excluding carboxylic acids is 1. The van der Waals surface area contributed by atoms with E-state index in [1.54, 1.807) is 0 Å². The maximum absolute atomic E-state index is 12.6. The predicted octanol–water partition coefficient (Wildman–Crippen LogP) is 4.15. The Morgan fingerprint density at radius 2 is 1.93 bits per heavy atom. The minimum atomic E-state index is -0.406. The molecule has 1 unspecified atom stereocenters. The molecule has 29 heavy (non-hydrogen) atoms. The molecule has 0 bridgehead atoms. The molecule has 4 aliphatic carbocycles. The first-order valence-electron chi connectivity index (χ1n) is 11.3. The van der Waals surface area contributed by atoms with Gasteiger partial charge in [-0.05, 0) is 82.0 Å². The van der Waals surface area contributed by atoms with E-state index < -0.39 is 5.54 Å². The van der Waals surface area contributed by atoms with Crippen molar-refractivity contribution in [3.63, 3.8) is 0 Å². The topological polar surface area (TPSA) is 97.3 Å². The smallest absolute Gasteiger partial charge is 0.139 e. The first-order valence-corrected chi connectivity index (χ1v) is 11.3. The molecule has 0 aliphatic heterocycles. The largest absolute Gasteiger partial charge is 0.411 e. The van der Waals surface area contributed by atoms with Crippen molar-refractivity contribution in [3.05, 3.63) is 0 Å². The molecule has 0 heterocycles. The van der Waals surface area contributed by atoms with E-state index in [-0.39, 0.29) is 16.7 Å². The molecule has 4 saturated carbocycles. The molecular weight excluding hydrogens is 366 g/mol. The highest BCUT2D eigenvalue weighted by Gasteiger charge is 2.61. The van der Waals surface area contributed by atoms with Crippen molar-refractivity contribution in [2.75, 3.05) is 6.61 Å². The Morgan fingerprint density at radius 1 is 1.17 bits per heavy atom. The molecule has 4 aliphatic rings. The minimum absolute atomic E-state index is 0.101. The average Bonchev–Trinajstić information content (AvgIpc) is 2.95. The third-order valence-corrected chi connectivity index (χ3v) is 8.79. The Kier molecular flexibility index (Phi) is 5.08. The van der Waals surface area contributed by atoms with Gasteiger partial charge < -0.3 is 15.8 Å². The van der Waals surface area contributed by atoms with Gasteiger partial charge in [-0.15, -0.1) is 0 Å². The first kappa shape index (κ1) is 20.8. The van der Waals surface area contributed by atoms with Crippen LogP contribution in [0.15, 0.2) is 10.3 Å². The van der Waals surface area contributed by atoms with Crippen LogP contribution in [0.3, 0.4) is 0 Å². The van der Waals surface area contributed by atoms with Crippen LogP contribution in [0.25, 0.3) is 0 Å². The molecule has 6 heteroatoms. The normalized spacial score (nSPS) is 45.1. The van der Waals surface area contributed by atoms with E-state index in [4.69, 9.17) is 10.6 Å². The molecule has 6 atom stereocenters. The van der Waals surface area contributed by atoms with Crippen molar-refractivity contribution in [2.24, 2.45) is 50.5 Å². The van der Waals surface area contributed by atoms with Crippen LogP contribution in [0, 0.1) is 34.5 Å². The molecule has 0 aromatic heterocycles. The lowest BCUT2D eigenvalue weighted by Gasteiger charge is -2.59. The summed E-state index contributed by atoms with van der Waals surface area (Å²) in [4.78, 5) is 18.1. The van der Waals surface area contributed by atoms with Gasteiger partial charge in [-0.25, -0.2) is 0 Å². The molecule has 0 saturated heterocycles. The second kappa shape index (κ2) is 7.07. The lowest BCUT2D eigenvalue weighted by molar-refractivity contribution is -0.133. The number of Topliss-reactive ketones (excluding diaryl/α,β-unsaturated/α-hetero) is 1.